The van der Waals surface area contributed by atoms with Gasteiger partial charge in [0.15, 0.2) is 0 Å². The molecule has 0 atom stereocenters. The molecule has 116 valence electrons. The van der Waals surface area contributed by atoms with Crippen molar-refractivity contribution in [3.8, 4) is 11.1 Å². The molecule has 1 heterocycles. The molecular formula is C21H14O2Se. The van der Waals surface area contributed by atoms with Crippen LogP contribution >= 0.6 is 0 Å². The molecule has 0 amide bonds. The van der Waals surface area contributed by atoms with E-state index in [1.807, 2.05) is 72.8 Å². The van der Waals surface area contributed by atoms with Crippen LogP contribution in [0.1, 0.15) is 0 Å². The zero-order valence-corrected chi connectivity index (χ0v) is 14.5. The zero-order chi connectivity index (χ0) is 16.4. The Morgan fingerprint density at radius 1 is 0.708 bits per heavy atom. The van der Waals surface area contributed by atoms with Crippen molar-refractivity contribution in [1.29, 1.82) is 0 Å². The molecule has 3 heteroatoms. The SMILES string of the molecule is O=c1oc2ccccc2c(-c2ccccc2)c1[Se]c1ccccc1. The minimum atomic E-state index is -0.239. The standard InChI is InChI=1S/C21H14O2Se/c22-21-20(24-16-11-5-2-6-12-16)19(15-9-3-1-4-10-15)17-13-7-8-14-18(17)23-21/h1-14H. The summed E-state index contributed by atoms with van der Waals surface area (Å²) in [6.45, 7) is 0. The van der Waals surface area contributed by atoms with Crippen LogP contribution in [0.15, 0.2) is 94.1 Å². The van der Waals surface area contributed by atoms with Gasteiger partial charge in [0.25, 0.3) is 0 Å². The van der Waals surface area contributed by atoms with Crippen molar-refractivity contribution in [3.63, 3.8) is 0 Å². The molecule has 1 aromatic heterocycles. The molecule has 0 aliphatic carbocycles. The van der Waals surface area contributed by atoms with Crippen molar-refractivity contribution in [2.45, 2.75) is 0 Å². The summed E-state index contributed by atoms with van der Waals surface area (Å²) in [5.74, 6) is 0. The number of hydrogen-bond donors (Lipinski definition) is 0. The normalized spacial score (nSPS) is 10.8. The van der Waals surface area contributed by atoms with Crippen LogP contribution in [0.25, 0.3) is 22.1 Å². The van der Waals surface area contributed by atoms with Gasteiger partial charge in [-0.15, -0.1) is 0 Å². The Balaban J connectivity index is 2.01. The summed E-state index contributed by atoms with van der Waals surface area (Å²) in [6.07, 6.45) is 0. The van der Waals surface area contributed by atoms with E-state index in [-0.39, 0.29) is 20.6 Å². The predicted molar refractivity (Wildman–Crippen MR) is 99.4 cm³/mol. The van der Waals surface area contributed by atoms with Gasteiger partial charge in [0.1, 0.15) is 0 Å². The first kappa shape index (κ1) is 14.9. The van der Waals surface area contributed by atoms with Crippen molar-refractivity contribution in [3.05, 3.63) is 95.3 Å². The summed E-state index contributed by atoms with van der Waals surface area (Å²) in [4.78, 5) is 12.7. The molecule has 0 aliphatic heterocycles. The molecule has 24 heavy (non-hydrogen) atoms. The average molecular weight is 377 g/mol. The molecule has 0 saturated heterocycles. The second-order valence-electron chi connectivity index (χ2n) is 5.37. The molecule has 0 bridgehead atoms. The average Bonchev–Trinajstić information content (AvgIpc) is 2.64. The monoisotopic (exact) mass is 378 g/mol. The van der Waals surface area contributed by atoms with Crippen LogP contribution < -0.4 is 14.5 Å². The first-order chi connectivity index (χ1) is 11.8. The molecule has 0 N–H and O–H groups in total. The third-order valence-corrected chi connectivity index (χ3v) is 6.07. The molecule has 0 spiro atoms. The Hall–Kier alpha value is -2.61. The molecule has 0 fully saturated rings. The molecule has 3 aromatic carbocycles. The van der Waals surface area contributed by atoms with Crippen LogP contribution in [0.4, 0.5) is 0 Å². The second-order valence-corrected chi connectivity index (χ2v) is 7.64. The van der Waals surface area contributed by atoms with Crippen LogP contribution in [0.2, 0.25) is 0 Å². The van der Waals surface area contributed by atoms with Gasteiger partial charge in [0.2, 0.25) is 0 Å². The summed E-state index contributed by atoms with van der Waals surface area (Å²) < 4.78 is 7.51. The fraction of sp³-hybridized carbons (Fsp3) is 0. The van der Waals surface area contributed by atoms with E-state index >= 15 is 0 Å². The van der Waals surface area contributed by atoms with Crippen molar-refractivity contribution in [2.75, 3.05) is 0 Å². The van der Waals surface area contributed by atoms with Gasteiger partial charge in [-0.25, -0.2) is 0 Å². The van der Waals surface area contributed by atoms with Gasteiger partial charge in [-0.2, -0.15) is 0 Å². The fourth-order valence-electron chi connectivity index (χ4n) is 2.72. The number of hydrogen-bond acceptors (Lipinski definition) is 2. The number of benzene rings is 3. The molecule has 4 aromatic rings. The van der Waals surface area contributed by atoms with E-state index in [2.05, 4.69) is 12.1 Å². The van der Waals surface area contributed by atoms with Gasteiger partial charge in [-0.3, -0.25) is 0 Å². The van der Waals surface area contributed by atoms with E-state index < -0.39 is 0 Å². The van der Waals surface area contributed by atoms with Crippen LogP contribution in [0.3, 0.4) is 0 Å². The Kier molecular flexibility index (Phi) is 4.04. The Labute approximate surface area is 145 Å². The van der Waals surface area contributed by atoms with E-state index in [9.17, 15) is 4.79 Å². The van der Waals surface area contributed by atoms with Crippen LogP contribution in [0.5, 0.6) is 0 Å². The van der Waals surface area contributed by atoms with Crippen LogP contribution in [-0.2, 0) is 0 Å². The second kappa shape index (κ2) is 6.48. The number of fused-ring (bicyclic) bond motifs is 1. The van der Waals surface area contributed by atoms with Gasteiger partial charge in [0.05, 0.1) is 0 Å². The minimum absolute atomic E-state index is 0.114. The zero-order valence-electron chi connectivity index (χ0n) is 12.8. The summed E-state index contributed by atoms with van der Waals surface area (Å²) in [5, 5.41) is 0.983. The Morgan fingerprint density at radius 2 is 1.33 bits per heavy atom. The predicted octanol–water partition coefficient (Wildman–Crippen LogP) is 3.12. The van der Waals surface area contributed by atoms with Crippen LogP contribution in [-0.4, -0.2) is 15.0 Å². The van der Waals surface area contributed by atoms with Crippen LogP contribution in [0, 0.1) is 0 Å². The summed E-state index contributed by atoms with van der Waals surface area (Å²) in [5.41, 5.74) is 2.44. The number of para-hydroxylation sites is 1. The third-order valence-electron chi connectivity index (χ3n) is 3.80. The molecule has 0 saturated carbocycles. The Morgan fingerprint density at radius 3 is 2.08 bits per heavy atom. The van der Waals surface area contributed by atoms with Gasteiger partial charge in [-0.1, -0.05) is 0 Å². The van der Waals surface area contributed by atoms with Gasteiger partial charge < -0.3 is 0 Å². The summed E-state index contributed by atoms with van der Waals surface area (Å²) in [7, 11) is 0. The fourth-order valence-corrected chi connectivity index (χ4v) is 4.79. The first-order valence-electron chi connectivity index (χ1n) is 7.67. The third kappa shape index (κ3) is 2.80. The van der Waals surface area contributed by atoms with Gasteiger partial charge in [0, 0.05) is 0 Å². The topological polar surface area (TPSA) is 30.2 Å². The molecular weight excluding hydrogens is 363 g/mol. The first-order valence-corrected chi connectivity index (χ1v) is 9.38. The molecule has 2 nitrogen and oxygen atoms in total. The van der Waals surface area contributed by atoms with E-state index in [1.165, 1.54) is 0 Å². The van der Waals surface area contributed by atoms with Crippen molar-refractivity contribution in [1.82, 2.24) is 0 Å². The maximum absolute atomic E-state index is 12.7. The summed E-state index contributed by atoms with van der Waals surface area (Å²) in [6, 6.07) is 27.9. The van der Waals surface area contributed by atoms with Crippen molar-refractivity contribution in [2.24, 2.45) is 0 Å². The maximum atomic E-state index is 12.7. The number of rotatable bonds is 3. The van der Waals surface area contributed by atoms with E-state index in [0.717, 1.165) is 25.4 Å². The summed E-state index contributed by atoms with van der Waals surface area (Å²) >= 11 is -0.114. The van der Waals surface area contributed by atoms with Gasteiger partial charge in [-0.05, 0) is 0 Å². The van der Waals surface area contributed by atoms with Gasteiger partial charge >= 0.3 is 146 Å². The molecule has 0 unspecified atom stereocenters. The molecule has 4 rings (SSSR count). The van der Waals surface area contributed by atoms with Crippen molar-refractivity contribution >= 4 is 34.8 Å². The molecule has 0 radical (unpaired) electrons. The molecule has 0 aliphatic rings. The van der Waals surface area contributed by atoms with E-state index in [0.29, 0.717) is 5.58 Å². The van der Waals surface area contributed by atoms with E-state index in [4.69, 9.17) is 4.42 Å². The quantitative estimate of drug-likeness (QED) is 0.406. The van der Waals surface area contributed by atoms with E-state index in [1.54, 1.807) is 0 Å². The van der Waals surface area contributed by atoms with Crippen molar-refractivity contribution < 1.29 is 4.42 Å². The Bertz CT molecular complexity index is 1040.